The Bertz CT molecular complexity index is 1720. The van der Waals surface area contributed by atoms with Crippen molar-refractivity contribution in [2.45, 2.75) is 29.0 Å². The van der Waals surface area contributed by atoms with Crippen molar-refractivity contribution in [3.8, 4) is 6.07 Å². The van der Waals surface area contributed by atoms with E-state index < -0.39 is 37.2 Å². The van der Waals surface area contributed by atoms with Crippen LogP contribution in [0.5, 0.6) is 0 Å². The number of sulfonamides is 2. The second kappa shape index (κ2) is 9.44. The van der Waals surface area contributed by atoms with Gasteiger partial charge in [-0.05, 0) is 41.8 Å². The largest absolute Gasteiger partial charge is 0.341 e. The van der Waals surface area contributed by atoms with Crippen LogP contribution in [0.4, 0.5) is 0 Å². The predicted octanol–water partition coefficient (Wildman–Crippen LogP) is 2.59. The first-order valence-corrected chi connectivity index (χ1v) is 14.3. The number of rotatable bonds is 7. The Morgan fingerprint density at radius 1 is 1.05 bits per heavy atom. The van der Waals surface area contributed by atoms with Crippen LogP contribution in [0, 0.1) is 11.3 Å². The van der Waals surface area contributed by atoms with Crippen LogP contribution >= 0.6 is 0 Å². The fourth-order valence-electron chi connectivity index (χ4n) is 4.33. The molecule has 2 heterocycles. The Kier molecular flexibility index (Phi) is 6.28. The summed E-state index contributed by atoms with van der Waals surface area (Å²) in [5, 5.41) is 8.43. The van der Waals surface area contributed by atoms with E-state index in [0.29, 0.717) is 22.5 Å². The quantitative estimate of drug-likeness (QED) is 0.328. The summed E-state index contributed by atoms with van der Waals surface area (Å²) in [6, 6.07) is 20.9. The molecule has 0 spiro atoms. The second-order valence-corrected chi connectivity index (χ2v) is 12.2. The van der Waals surface area contributed by atoms with Gasteiger partial charge in [-0.3, -0.25) is 9.52 Å². The molecule has 188 valence electrons. The first-order chi connectivity index (χ1) is 17.7. The van der Waals surface area contributed by atoms with Crippen LogP contribution in [0.15, 0.2) is 77.7 Å². The number of aromatic amines is 1. The van der Waals surface area contributed by atoms with E-state index in [4.69, 9.17) is 0 Å². The number of imidazole rings is 1. The van der Waals surface area contributed by atoms with E-state index in [9.17, 15) is 26.9 Å². The van der Waals surface area contributed by atoms with Gasteiger partial charge in [0.15, 0.2) is 0 Å². The highest BCUT2D eigenvalue weighted by Crippen LogP contribution is 2.31. The number of aromatic nitrogens is 2. The summed E-state index contributed by atoms with van der Waals surface area (Å²) in [6.45, 7) is 0. The molecular formula is C25H21N5O5S2. The van der Waals surface area contributed by atoms with Gasteiger partial charge in [-0.1, -0.05) is 48.5 Å². The van der Waals surface area contributed by atoms with E-state index in [1.807, 2.05) is 29.0 Å². The number of nitriles is 1. The zero-order chi connectivity index (χ0) is 26.2. The molecule has 37 heavy (non-hydrogen) atoms. The molecule has 1 aliphatic rings. The first kappa shape index (κ1) is 24.6. The predicted molar refractivity (Wildman–Crippen MR) is 135 cm³/mol. The van der Waals surface area contributed by atoms with Crippen molar-refractivity contribution in [2.24, 2.45) is 0 Å². The number of para-hydroxylation sites is 2. The molecule has 0 bridgehead atoms. The average molecular weight is 536 g/mol. The Labute approximate surface area is 213 Å². The lowest BCUT2D eigenvalue weighted by Gasteiger charge is -2.18. The summed E-state index contributed by atoms with van der Waals surface area (Å²) in [6.07, 6.45) is 0.0318. The highest BCUT2D eigenvalue weighted by atomic mass is 32.2. The number of hydrogen-bond acceptors (Lipinski definition) is 7. The van der Waals surface area contributed by atoms with Gasteiger partial charge >= 0.3 is 0 Å². The number of hydrogen-bond donors (Lipinski definition) is 3. The van der Waals surface area contributed by atoms with E-state index in [1.165, 1.54) is 12.1 Å². The van der Waals surface area contributed by atoms with Crippen LogP contribution in [0.25, 0.3) is 11.0 Å². The number of amides is 1. The zero-order valence-electron chi connectivity index (χ0n) is 19.2. The van der Waals surface area contributed by atoms with Crippen LogP contribution in [-0.4, -0.2) is 32.7 Å². The number of nitrogens with one attached hydrogen (secondary N) is 3. The van der Waals surface area contributed by atoms with Gasteiger partial charge in [0.25, 0.3) is 0 Å². The van der Waals surface area contributed by atoms with Crippen LogP contribution in [-0.2, 0) is 31.3 Å². The molecule has 4 aromatic rings. The molecular weight excluding hydrogens is 514 g/mol. The molecule has 12 heteroatoms. The fourth-order valence-corrected chi connectivity index (χ4v) is 7.11. The van der Waals surface area contributed by atoms with Gasteiger partial charge < -0.3 is 4.98 Å². The third kappa shape index (κ3) is 4.97. The molecule has 5 rings (SSSR count). The normalized spacial score (nSPS) is 17.8. The molecule has 0 saturated carbocycles. The first-order valence-electron chi connectivity index (χ1n) is 11.3. The molecule has 1 aliphatic heterocycles. The summed E-state index contributed by atoms with van der Waals surface area (Å²) in [7, 11) is -7.89. The number of carbonyl (C=O) groups excluding carboxylic acids is 1. The number of H-pyrrole nitrogens is 1. The molecule has 1 aromatic heterocycles. The van der Waals surface area contributed by atoms with Crippen molar-refractivity contribution in [1.29, 1.82) is 5.26 Å². The maximum atomic E-state index is 13.3. The lowest BCUT2D eigenvalue weighted by molar-refractivity contribution is -0.118. The topological polar surface area (TPSA) is 162 Å². The molecule has 10 nitrogen and oxygen atoms in total. The third-order valence-electron chi connectivity index (χ3n) is 6.12. The van der Waals surface area contributed by atoms with Crippen LogP contribution in [0.2, 0.25) is 0 Å². The number of nitrogens with zero attached hydrogens (tertiary/aromatic N) is 2. The average Bonchev–Trinajstić information content (AvgIpc) is 3.43. The van der Waals surface area contributed by atoms with Gasteiger partial charge in [-0.25, -0.2) is 26.5 Å². The Balaban J connectivity index is 1.48. The van der Waals surface area contributed by atoms with Crippen LogP contribution in [0.1, 0.15) is 40.2 Å². The van der Waals surface area contributed by atoms with Crippen molar-refractivity contribution < 1.29 is 21.6 Å². The molecule has 2 atom stereocenters. The monoisotopic (exact) mass is 535 g/mol. The van der Waals surface area contributed by atoms with Gasteiger partial charge in [0.1, 0.15) is 17.1 Å². The zero-order valence-corrected chi connectivity index (χ0v) is 20.9. The van der Waals surface area contributed by atoms with E-state index in [2.05, 4.69) is 14.7 Å². The smallest absolute Gasteiger partial charge is 0.242 e. The summed E-state index contributed by atoms with van der Waals surface area (Å²) in [5.74, 6) is -0.164. The second-order valence-electron chi connectivity index (χ2n) is 8.63. The van der Waals surface area contributed by atoms with Gasteiger partial charge in [0, 0.05) is 0 Å². The molecule has 0 aliphatic carbocycles. The van der Waals surface area contributed by atoms with Crippen molar-refractivity contribution in [3.63, 3.8) is 0 Å². The fraction of sp³-hybridized carbons (Fsp3) is 0.160. The van der Waals surface area contributed by atoms with Crippen LogP contribution < -0.4 is 9.44 Å². The molecule has 1 saturated heterocycles. The molecule has 0 radical (unpaired) electrons. The maximum Gasteiger partial charge on any atom is 0.242 e. The molecule has 1 unspecified atom stereocenters. The van der Waals surface area contributed by atoms with E-state index >= 15 is 0 Å². The summed E-state index contributed by atoms with van der Waals surface area (Å²) >= 11 is 0. The SMILES string of the molecule is N#Cc1ccccc1S(=O)(=O)N[C@@H](Cc1ccc(C2CC(=O)NS2(=O)=O)cc1)c1nc2ccccc2[nH]1. The number of carbonyl (C=O) groups is 1. The van der Waals surface area contributed by atoms with Gasteiger partial charge in [0.2, 0.25) is 26.0 Å². The molecule has 3 N–H and O–H groups in total. The highest BCUT2D eigenvalue weighted by molar-refractivity contribution is 7.90. The standard InChI is InChI=1S/C25H21N5O5S2/c26-15-18-5-1-4-8-22(18)36(32,33)29-21(25-27-19-6-2-3-7-20(19)28-25)13-16-9-11-17(12-10-16)23-14-24(31)30-37(23,34)35/h1-12,21,23,29H,13-14H2,(H,27,28)(H,30,31)/t21-,23?/m0/s1. The highest BCUT2D eigenvalue weighted by Gasteiger charge is 2.37. The third-order valence-corrected chi connectivity index (χ3v) is 9.35. The van der Waals surface area contributed by atoms with E-state index in [1.54, 1.807) is 42.5 Å². The van der Waals surface area contributed by atoms with Crippen molar-refractivity contribution in [1.82, 2.24) is 19.4 Å². The number of benzene rings is 3. The summed E-state index contributed by atoms with van der Waals surface area (Å²) < 4.78 is 55.7. The van der Waals surface area contributed by atoms with Gasteiger partial charge in [0.05, 0.1) is 34.0 Å². The van der Waals surface area contributed by atoms with Crippen molar-refractivity contribution in [3.05, 3.63) is 95.3 Å². The van der Waals surface area contributed by atoms with Crippen molar-refractivity contribution >= 4 is 37.0 Å². The summed E-state index contributed by atoms with van der Waals surface area (Å²) in [4.78, 5) is 19.2. The minimum absolute atomic E-state index is 0.0173. The van der Waals surface area contributed by atoms with E-state index in [-0.39, 0.29) is 23.3 Å². The molecule has 3 aromatic carbocycles. The Morgan fingerprint density at radius 2 is 1.76 bits per heavy atom. The van der Waals surface area contributed by atoms with Crippen LogP contribution in [0.3, 0.4) is 0 Å². The van der Waals surface area contributed by atoms with Gasteiger partial charge in [-0.15, -0.1) is 0 Å². The minimum atomic E-state index is -4.11. The minimum Gasteiger partial charge on any atom is -0.341 e. The Hall–Kier alpha value is -4.05. The van der Waals surface area contributed by atoms with E-state index in [0.717, 1.165) is 5.52 Å². The molecule has 1 fully saturated rings. The lowest BCUT2D eigenvalue weighted by atomic mass is 10.0. The van der Waals surface area contributed by atoms with Crippen molar-refractivity contribution in [2.75, 3.05) is 0 Å². The molecule has 1 amide bonds. The summed E-state index contributed by atoms with van der Waals surface area (Å²) in [5.41, 5.74) is 2.59. The maximum absolute atomic E-state index is 13.3. The lowest BCUT2D eigenvalue weighted by Crippen LogP contribution is -2.31. The Morgan fingerprint density at radius 3 is 2.43 bits per heavy atom. The van der Waals surface area contributed by atoms with Gasteiger partial charge in [-0.2, -0.15) is 5.26 Å². The number of fused-ring (bicyclic) bond motifs is 1.